The summed E-state index contributed by atoms with van der Waals surface area (Å²) in [5.74, 6) is 0.512. The maximum Gasteiger partial charge on any atom is 0.0705 e. The smallest absolute Gasteiger partial charge is 0.0705 e. The number of hydrogen-bond donors (Lipinski definition) is 1. The second kappa shape index (κ2) is 7.13. The Bertz CT molecular complexity index is 1120. The van der Waals surface area contributed by atoms with Crippen LogP contribution in [0.15, 0.2) is 60.8 Å². The first kappa shape index (κ1) is 18.0. The molecule has 6 rings (SSSR count). The molecule has 2 atom stereocenters. The molecule has 2 aromatic carbocycles. The van der Waals surface area contributed by atoms with Crippen LogP contribution in [-0.2, 0) is 6.54 Å². The molecule has 1 saturated carbocycles. The zero-order chi connectivity index (χ0) is 20.1. The molecule has 30 heavy (non-hydrogen) atoms. The number of benzene rings is 2. The fourth-order valence-corrected chi connectivity index (χ4v) is 5.12. The van der Waals surface area contributed by atoms with Crippen molar-refractivity contribution in [2.45, 2.75) is 43.9 Å². The number of hydrogen-bond acceptors (Lipinski definition) is 4. The molecule has 1 saturated heterocycles. The Morgan fingerprint density at radius 2 is 1.80 bits per heavy atom. The Kier molecular flexibility index (Phi) is 4.27. The van der Waals surface area contributed by atoms with E-state index in [2.05, 4.69) is 76.7 Å². The molecular formula is C26H27N3O. The van der Waals surface area contributed by atoms with E-state index in [1.807, 2.05) is 0 Å². The number of aliphatic hydroxyl groups excluding tert-OH is 1. The summed E-state index contributed by atoms with van der Waals surface area (Å²) in [6.07, 6.45) is 7.30. The predicted molar refractivity (Wildman–Crippen MR) is 121 cm³/mol. The van der Waals surface area contributed by atoms with E-state index >= 15 is 0 Å². The zero-order valence-electron chi connectivity index (χ0n) is 17.1. The first-order chi connectivity index (χ1) is 14.8. The summed E-state index contributed by atoms with van der Waals surface area (Å²) in [4.78, 5) is 9.90. The van der Waals surface area contributed by atoms with Gasteiger partial charge in [0, 0.05) is 60.1 Å². The number of aromatic nitrogens is 1. The van der Waals surface area contributed by atoms with Crippen molar-refractivity contribution in [2.75, 3.05) is 18.0 Å². The van der Waals surface area contributed by atoms with E-state index in [1.165, 1.54) is 34.3 Å². The molecule has 3 aromatic rings. The van der Waals surface area contributed by atoms with Crippen LogP contribution in [-0.4, -0.2) is 40.2 Å². The van der Waals surface area contributed by atoms with Crippen LogP contribution < -0.4 is 4.90 Å². The summed E-state index contributed by atoms with van der Waals surface area (Å²) >= 11 is 0. The van der Waals surface area contributed by atoms with Crippen molar-refractivity contribution >= 4 is 22.7 Å². The molecule has 0 bridgehead atoms. The van der Waals surface area contributed by atoms with Gasteiger partial charge >= 0.3 is 0 Å². The molecule has 3 aliphatic rings. The lowest BCUT2D eigenvalue weighted by atomic mass is 9.99. The third-order valence-corrected chi connectivity index (χ3v) is 6.96. The fourth-order valence-electron chi connectivity index (χ4n) is 5.12. The first-order valence-electron chi connectivity index (χ1n) is 11.1. The number of para-hydroxylation sites is 1. The van der Waals surface area contributed by atoms with Gasteiger partial charge in [-0.3, -0.25) is 4.98 Å². The van der Waals surface area contributed by atoms with Gasteiger partial charge in [-0.15, -0.1) is 0 Å². The normalized spacial score (nSPS) is 23.6. The Hall–Kier alpha value is -2.85. The lowest BCUT2D eigenvalue weighted by molar-refractivity contribution is 0.145. The topological polar surface area (TPSA) is 39.6 Å². The van der Waals surface area contributed by atoms with E-state index in [1.54, 1.807) is 0 Å². The van der Waals surface area contributed by atoms with E-state index in [9.17, 15) is 5.11 Å². The summed E-state index contributed by atoms with van der Waals surface area (Å²) in [7, 11) is 0. The van der Waals surface area contributed by atoms with Crippen LogP contribution >= 0.6 is 0 Å². The summed E-state index contributed by atoms with van der Waals surface area (Å²) in [6.45, 7) is 2.83. The quantitative estimate of drug-likeness (QED) is 0.704. The fraction of sp³-hybridized carbons (Fsp3) is 0.346. The van der Waals surface area contributed by atoms with Crippen molar-refractivity contribution in [3.05, 3.63) is 77.6 Å². The maximum atomic E-state index is 9.89. The van der Waals surface area contributed by atoms with Crippen molar-refractivity contribution < 1.29 is 5.11 Å². The Labute approximate surface area is 177 Å². The van der Waals surface area contributed by atoms with Gasteiger partial charge < -0.3 is 14.9 Å². The highest BCUT2D eigenvalue weighted by Crippen LogP contribution is 2.46. The molecule has 2 aliphatic heterocycles. The number of rotatable bonds is 3. The minimum Gasteiger partial charge on any atom is -0.393 e. The number of piperidine rings is 1. The minimum atomic E-state index is -0.140. The van der Waals surface area contributed by atoms with E-state index in [4.69, 9.17) is 4.98 Å². The maximum absolute atomic E-state index is 9.89. The molecule has 4 heteroatoms. The van der Waals surface area contributed by atoms with E-state index < -0.39 is 0 Å². The average molecular weight is 398 g/mol. The Morgan fingerprint density at radius 1 is 0.933 bits per heavy atom. The lowest BCUT2D eigenvalue weighted by Crippen LogP contribution is -2.37. The van der Waals surface area contributed by atoms with E-state index in [0.29, 0.717) is 12.0 Å². The van der Waals surface area contributed by atoms with Gasteiger partial charge in [0.25, 0.3) is 0 Å². The Balaban J connectivity index is 1.23. The van der Waals surface area contributed by atoms with Crippen LogP contribution in [0, 0.1) is 0 Å². The number of aliphatic hydroxyl groups is 1. The highest BCUT2D eigenvalue weighted by Gasteiger charge is 2.43. The molecule has 2 unspecified atom stereocenters. The zero-order valence-corrected chi connectivity index (χ0v) is 17.1. The van der Waals surface area contributed by atoms with Crippen LogP contribution in [0.4, 0.5) is 5.69 Å². The van der Waals surface area contributed by atoms with Gasteiger partial charge in [0.2, 0.25) is 0 Å². The van der Waals surface area contributed by atoms with Crippen LogP contribution in [0.25, 0.3) is 17.0 Å². The highest BCUT2D eigenvalue weighted by atomic mass is 16.3. The second-order valence-electron chi connectivity index (χ2n) is 8.89. The molecule has 0 spiro atoms. The van der Waals surface area contributed by atoms with Crippen molar-refractivity contribution in [1.82, 2.24) is 9.88 Å². The minimum absolute atomic E-state index is 0.140. The largest absolute Gasteiger partial charge is 0.393 e. The average Bonchev–Trinajstić information content (AvgIpc) is 3.60. The van der Waals surface area contributed by atoms with Crippen LogP contribution in [0.2, 0.25) is 0 Å². The predicted octanol–water partition coefficient (Wildman–Crippen LogP) is 4.54. The third-order valence-electron chi connectivity index (χ3n) is 6.96. The lowest BCUT2D eigenvalue weighted by Gasteiger charge is -2.35. The van der Waals surface area contributed by atoms with Crippen molar-refractivity contribution in [3.63, 3.8) is 0 Å². The molecule has 152 valence electrons. The summed E-state index contributed by atoms with van der Waals surface area (Å²) < 4.78 is 0. The van der Waals surface area contributed by atoms with Gasteiger partial charge in [-0.2, -0.15) is 0 Å². The number of pyridine rings is 1. The summed E-state index contributed by atoms with van der Waals surface area (Å²) in [6, 6.07) is 19.9. The second-order valence-corrected chi connectivity index (χ2v) is 8.89. The van der Waals surface area contributed by atoms with Crippen LogP contribution in [0.3, 0.4) is 0 Å². The van der Waals surface area contributed by atoms with Gasteiger partial charge in [-0.25, -0.2) is 0 Å². The molecular weight excluding hydrogens is 370 g/mol. The third kappa shape index (κ3) is 3.16. The van der Waals surface area contributed by atoms with Gasteiger partial charge in [-0.05, 0) is 49.1 Å². The van der Waals surface area contributed by atoms with Gasteiger partial charge in [0.05, 0.1) is 11.6 Å². The van der Waals surface area contributed by atoms with Crippen molar-refractivity contribution in [3.8, 4) is 0 Å². The van der Waals surface area contributed by atoms with Crippen LogP contribution in [0.1, 0.15) is 42.0 Å². The first-order valence-corrected chi connectivity index (χ1v) is 11.1. The summed E-state index contributed by atoms with van der Waals surface area (Å²) in [5, 5.41) is 11.1. The standard InChI is InChI=1S/C26H27N3O/c30-20-11-14-28(15-12-20)25-7-3-5-18-10-13-29(17-22(18)25)26-16-21(26)24-9-8-19-4-1-2-6-23(19)27-24/h1-10,13,20-21,26,30H,11-12,14-17H2. The molecule has 1 aromatic heterocycles. The highest BCUT2D eigenvalue weighted by molar-refractivity contribution is 5.78. The number of nitrogens with zero attached hydrogens (tertiary/aromatic N) is 3. The SMILES string of the molecule is OC1CCN(c2cccc3c2CN(C2CC2c2ccc4ccccc4n2)C=C3)CC1. The number of anilines is 1. The van der Waals surface area contributed by atoms with E-state index in [-0.39, 0.29) is 6.10 Å². The summed E-state index contributed by atoms with van der Waals surface area (Å²) in [5.41, 5.74) is 6.41. The van der Waals surface area contributed by atoms with E-state index in [0.717, 1.165) is 38.0 Å². The molecule has 3 heterocycles. The van der Waals surface area contributed by atoms with Gasteiger partial charge in [0.15, 0.2) is 0 Å². The molecule has 0 amide bonds. The van der Waals surface area contributed by atoms with Crippen molar-refractivity contribution in [2.24, 2.45) is 0 Å². The molecule has 1 aliphatic carbocycles. The monoisotopic (exact) mass is 397 g/mol. The molecule has 0 radical (unpaired) electrons. The Morgan fingerprint density at radius 3 is 2.70 bits per heavy atom. The molecule has 1 N–H and O–H groups in total. The van der Waals surface area contributed by atoms with Gasteiger partial charge in [0.1, 0.15) is 0 Å². The van der Waals surface area contributed by atoms with Crippen LogP contribution in [0.5, 0.6) is 0 Å². The van der Waals surface area contributed by atoms with Gasteiger partial charge in [-0.1, -0.05) is 36.4 Å². The molecule has 4 nitrogen and oxygen atoms in total. The molecule has 2 fully saturated rings. The van der Waals surface area contributed by atoms with Crippen molar-refractivity contribution in [1.29, 1.82) is 0 Å². The number of fused-ring (bicyclic) bond motifs is 2.